The lowest BCUT2D eigenvalue weighted by Crippen LogP contribution is -2.42. The van der Waals surface area contributed by atoms with Crippen LogP contribution in [0.15, 0.2) is 109 Å². The van der Waals surface area contributed by atoms with Gasteiger partial charge in [0.2, 0.25) is 0 Å². The first-order valence-corrected chi connectivity index (χ1v) is 12.9. The average molecular weight is 538 g/mol. The summed E-state index contributed by atoms with van der Waals surface area (Å²) in [5.74, 6) is -0.720. The number of ether oxygens (including phenoxy) is 2. The number of hydrogen-bond acceptors (Lipinski definition) is 5. The van der Waals surface area contributed by atoms with Crippen LogP contribution in [-0.2, 0) is 4.79 Å². The largest absolute Gasteiger partial charge is 0.493 e. The second-order valence-electron chi connectivity index (χ2n) is 9.73. The molecule has 0 aliphatic heterocycles. The van der Waals surface area contributed by atoms with Crippen molar-refractivity contribution in [3.05, 3.63) is 120 Å². The third kappa shape index (κ3) is 7.35. The highest BCUT2D eigenvalue weighted by atomic mass is 16.5. The molecule has 4 aromatic rings. The van der Waals surface area contributed by atoms with Gasteiger partial charge in [-0.15, -0.1) is 0 Å². The number of Topliss-reactive ketones (excluding diaryl/α,β-unsaturated/α-hetero) is 1. The number of aliphatic carboxylic acids is 1. The number of carbonyl (C=O) groups is 3. The number of ketones is 1. The maximum Gasteiger partial charge on any atom is 0.347 e. The van der Waals surface area contributed by atoms with Crippen LogP contribution in [0.2, 0.25) is 0 Å². The molecule has 7 nitrogen and oxygen atoms in total. The molecule has 1 amide bonds. The van der Waals surface area contributed by atoms with Crippen molar-refractivity contribution < 1.29 is 29.0 Å². The van der Waals surface area contributed by atoms with Gasteiger partial charge in [0.1, 0.15) is 11.5 Å². The number of nitrogens with one attached hydrogen (secondary N) is 1. The Hall–Kier alpha value is -4.91. The zero-order valence-electron chi connectivity index (χ0n) is 22.4. The summed E-state index contributed by atoms with van der Waals surface area (Å²) >= 11 is 0. The molecule has 0 saturated carbocycles. The standard InChI is InChI=1S/C33H31NO6/c1-33(2,32(37)38)40-28-19-17-27(18-20-28)39-22-21-29(30(35)25-11-7-4-8-12-25)34-31(36)26-15-13-24(14-16-26)23-9-5-3-6-10-23/h3-20,29H,21-22H2,1-2H3,(H,34,36)(H,37,38). The average Bonchev–Trinajstić information content (AvgIpc) is 2.98. The summed E-state index contributed by atoms with van der Waals surface area (Å²) in [4.78, 5) is 37.7. The van der Waals surface area contributed by atoms with Gasteiger partial charge < -0.3 is 19.9 Å². The van der Waals surface area contributed by atoms with E-state index >= 15 is 0 Å². The molecule has 1 atom stereocenters. The molecule has 0 aromatic heterocycles. The number of carboxylic acid groups (broad SMARTS) is 1. The fourth-order valence-electron chi connectivity index (χ4n) is 4.00. The molecule has 0 fully saturated rings. The lowest BCUT2D eigenvalue weighted by atomic mass is 10.0. The molecule has 7 heteroatoms. The Morgan fingerprint density at radius 2 is 1.27 bits per heavy atom. The van der Waals surface area contributed by atoms with Crippen molar-refractivity contribution in [2.75, 3.05) is 6.61 Å². The summed E-state index contributed by atoms with van der Waals surface area (Å²) < 4.78 is 11.3. The van der Waals surface area contributed by atoms with Gasteiger partial charge in [0.25, 0.3) is 5.91 Å². The van der Waals surface area contributed by atoms with Crippen molar-refractivity contribution in [2.24, 2.45) is 0 Å². The minimum atomic E-state index is -1.37. The van der Waals surface area contributed by atoms with Crippen molar-refractivity contribution in [1.29, 1.82) is 0 Å². The van der Waals surface area contributed by atoms with E-state index in [9.17, 15) is 19.5 Å². The molecule has 204 valence electrons. The minimum absolute atomic E-state index is 0.164. The monoisotopic (exact) mass is 537 g/mol. The topological polar surface area (TPSA) is 102 Å². The Morgan fingerprint density at radius 1 is 0.725 bits per heavy atom. The van der Waals surface area contributed by atoms with Gasteiger partial charge in [0.15, 0.2) is 11.4 Å². The number of carbonyl (C=O) groups excluding carboxylic acids is 2. The van der Waals surface area contributed by atoms with Crippen molar-refractivity contribution >= 4 is 17.7 Å². The van der Waals surface area contributed by atoms with E-state index in [0.29, 0.717) is 22.6 Å². The molecule has 0 spiro atoms. The second kappa shape index (κ2) is 12.8. The number of hydrogen-bond donors (Lipinski definition) is 2. The molecule has 0 radical (unpaired) electrons. The Bertz CT molecular complexity index is 1430. The summed E-state index contributed by atoms with van der Waals surface area (Å²) in [6.07, 6.45) is 0.242. The molecular formula is C33H31NO6. The van der Waals surface area contributed by atoms with Gasteiger partial charge in [-0.1, -0.05) is 72.8 Å². The molecule has 1 unspecified atom stereocenters. The molecule has 0 saturated heterocycles. The van der Waals surface area contributed by atoms with Gasteiger partial charge in [-0.05, 0) is 61.4 Å². The first-order valence-electron chi connectivity index (χ1n) is 12.9. The van der Waals surface area contributed by atoms with Crippen molar-refractivity contribution in [2.45, 2.75) is 31.9 Å². The van der Waals surface area contributed by atoms with Crippen LogP contribution in [0.5, 0.6) is 11.5 Å². The molecule has 0 bridgehead atoms. The molecule has 2 N–H and O–H groups in total. The summed E-state index contributed by atoms with van der Waals surface area (Å²) in [5.41, 5.74) is 1.62. The number of benzene rings is 4. The fraction of sp³-hybridized carbons (Fsp3) is 0.182. The molecule has 0 aliphatic rings. The highest BCUT2D eigenvalue weighted by molar-refractivity contribution is 6.04. The predicted molar refractivity (Wildman–Crippen MR) is 153 cm³/mol. The zero-order valence-corrected chi connectivity index (χ0v) is 22.4. The Kier molecular flexibility index (Phi) is 8.96. The molecule has 4 aromatic carbocycles. The Balaban J connectivity index is 1.41. The van der Waals surface area contributed by atoms with Gasteiger partial charge in [0, 0.05) is 17.5 Å². The number of carboxylic acids is 1. The summed E-state index contributed by atoms with van der Waals surface area (Å²) in [6.45, 7) is 3.10. The highest BCUT2D eigenvalue weighted by Gasteiger charge is 2.29. The normalized spacial score (nSPS) is 11.8. The van der Waals surface area contributed by atoms with Crippen LogP contribution >= 0.6 is 0 Å². The highest BCUT2D eigenvalue weighted by Crippen LogP contribution is 2.23. The van der Waals surface area contributed by atoms with E-state index < -0.39 is 17.6 Å². The van der Waals surface area contributed by atoms with Crippen LogP contribution in [0.3, 0.4) is 0 Å². The van der Waals surface area contributed by atoms with E-state index in [-0.39, 0.29) is 24.7 Å². The predicted octanol–water partition coefficient (Wildman–Crippen LogP) is 6.05. The van der Waals surface area contributed by atoms with Gasteiger partial charge >= 0.3 is 5.97 Å². The maximum absolute atomic E-state index is 13.3. The van der Waals surface area contributed by atoms with Crippen LogP contribution < -0.4 is 14.8 Å². The molecule has 40 heavy (non-hydrogen) atoms. The smallest absolute Gasteiger partial charge is 0.347 e. The van der Waals surface area contributed by atoms with Crippen molar-refractivity contribution in [3.8, 4) is 22.6 Å². The Morgan fingerprint density at radius 3 is 1.88 bits per heavy atom. The lowest BCUT2D eigenvalue weighted by molar-refractivity contribution is -0.152. The molecule has 0 aliphatic carbocycles. The van der Waals surface area contributed by atoms with Gasteiger partial charge in [-0.25, -0.2) is 4.79 Å². The van der Waals surface area contributed by atoms with Crippen molar-refractivity contribution in [3.63, 3.8) is 0 Å². The SMILES string of the molecule is CC(C)(Oc1ccc(OCCC(NC(=O)c2ccc(-c3ccccc3)cc2)C(=O)c2ccccc2)cc1)C(=O)O. The third-order valence-corrected chi connectivity index (χ3v) is 6.32. The summed E-state index contributed by atoms with van der Waals surface area (Å²) in [6, 6.07) is 31.7. The zero-order chi connectivity index (χ0) is 28.5. The summed E-state index contributed by atoms with van der Waals surface area (Å²) in [5, 5.41) is 12.1. The number of amides is 1. The molecule has 4 rings (SSSR count). The van der Waals surface area contributed by atoms with E-state index in [1.54, 1.807) is 60.7 Å². The van der Waals surface area contributed by atoms with Crippen molar-refractivity contribution in [1.82, 2.24) is 5.32 Å². The van der Waals surface area contributed by atoms with E-state index in [2.05, 4.69) is 5.32 Å². The third-order valence-electron chi connectivity index (χ3n) is 6.32. The van der Waals surface area contributed by atoms with Gasteiger partial charge in [0.05, 0.1) is 12.6 Å². The first kappa shape index (κ1) is 28.1. The first-order chi connectivity index (χ1) is 19.2. The Labute approximate surface area is 233 Å². The quantitative estimate of drug-likeness (QED) is 0.214. The molecule has 0 heterocycles. The van der Waals surface area contributed by atoms with Gasteiger partial charge in [-0.2, -0.15) is 0 Å². The minimum Gasteiger partial charge on any atom is -0.493 e. The van der Waals surface area contributed by atoms with E-state index in [1.807, 2.05) is 48.5 Å². The van der Waals surface area contributed by atoms with Crippen LogP contribution in [0.4, 0.5) is 0 Å². The maximum atomic E-state index is 13.3. The summed E-state index contributed by atoms with van der Waals surface area (Å²) in [7, 11) is 0. The fourth-order valence-corrected chi connectivity index (χ4v) is 4.00. The van der Waals surface area contributed by atoms with E-state index in [0.717, 1.165) is 11.1 Å². The van der Waals surface area contributed by atoms with E-state index in [4.69, 9.17) is 9.47 Å². The van der Waals surface area contributed by atoms with Crippen LogP contribution in [0.25, 0.3) is 11.1 Å². The van der Waals surface area contributed by atoms with Crippen LogP contribution in [0, 0.1) is 0 Å². The lowest BCUT2D eigenvalue weighted by Gasteiger charge is -2.21. The van der Waals surface area contributed by atoms with Gasteiger partial charge in [-0.3, -0.25) is 9.59 Å². The second-order valence-corrected chi connectivity index (χ2v) is 9.73. The molecular weight excluding hydrogens is 506 g/mol. The van der Waals surface area contributed by atoms with Crippen LogP contribution in [0.1, 0.15) is 41.0 Å². The van der Waals surface area contributed by atoms with Crippen LogP contribution in [-0.4, -0.2) is 41.0 Å². The number of rotatable bonds is 12. The van der Waals surface area contributed by atoms with E-state index in [1.165, 1.54) is 13.8 Å².